The fraction of sp³-hybridized carbons (Fsp3) is 0.455. The molecule has 0 saturated heterocycles. The van der Waals surface area contributed by atoms with Gasteiger partial charge in [-0.25, -0.2) is 4.99 Å². The minimum Gasteiger partial charge on any atom is -0.493 e. The molecule has 0 spiro atoms. The maximum Gasteiger partial charge on any atom is 0.192 e. The van der Waals surface area contributed by atoms with Crippen molar-refractivity contribution < 1.29 is 9.84 Å². The van der Waals surface area contributed by atoms with Gasteiger partial charge in [0, 0.05) is 37.8 Å². The Hall–Kier alpha value is -2.67. The van der Waals surface area contributed by atoms with Crippen molar-refractivity contribution in [3.8, 4) is 5.75 Å². The van der Waals surface area contributed by atoms with E-state index in [1.165, 1.54) is 0 Å². The van der Waals surface area contributed by atoms with E-state index in [2.05, 4.69) is 32.0 Å². The molecule has 33 heavy (non-hydrogen) atoms. The number of nitrogens with one attached hydrogen (secondary N) is 2. The maximum atomic E-state index is 11.0. The average Bonchev–Trinajstić information content (AvgIpc) is 3.36. The van der Waals surface area contributed by atoms with Gasteiger partial charge >= 0.3 is 0 Å². The first-order valence-corrected chi connectivity index (χ1v) is 10.7. The number of aromatic nitrogens is 5. The summed E-state index contributed by atoms with van der Waals surface area (Å²) in [4.78, 5) is 4.74. The van der Waals surface area contributed by atoms with Crippen LogP contribution in [0, 0.1) is 6.92 Å². The van der Waals surface area contributed by atoms with E-state index in [0.717, 1.165) is 34.9 Å². The van der Waals surface area contributed by atoms with Crippen LogP contribution in [0.3, 0.4) is 0 Å². The molecule has 2 atom stereocenters. The molecule has 3 heterocycles. The van der Waals surface area contributed by atoms with Crippen molar-refractivity contribution >= 4 is 29.9 Å². The van der Waals surface area contributed by atoms with Crippen LogP contribution in [0.15, 0.2) is 41.7 Å². The first kappa shape index (κ1) is 25.0. The molecule has 11 heteroatoms. The predicted octanol–water partition coefficient (Wildman–Crippen LogP) is 1.94. The van der Waals surface area contributed by atoms with E-state index in [0.29, 0.717) is 19.1 Å². The Kier molecular flexibility index (Phi) is 7.95. The zero-order chi connectivity index (χ0) is 22.7. The number of hydrogen-bond acceptors (Lipinski definition) is 6. The highest BCUT2D eigenvalue weighted by Gasteiger charge is 2.27. The van der Waals surface area contributed by atoms with Crippen LogP contribution in [-0.2, 0) is 26.2 Å². The largest absolute Gasteiger partial charge is 0.493 e. The highest BCUT2D eigenvalue weighted by atomic mass is 127. The number of rotatable bonds is 6. The minimum absolute atomic E-state index is 0. The van der Waals surface area contributed by atoms with Gasteiger partial charge in [-0.05, 0) is 19.9 Å². The van der Waals surface area contributed by atoms with Gasteiger partial charge in [-0.2, -0.15) is 5.10 Å². The number of benzene rings is 1. The standard InChI is InChI=1S/C22H30N8O2.HI/c1-15-27-28-20(30(15)4)12-23-21(24-14-22(2,31)16-11-25-29(3)13-16)26-18-9-10-32-19-8-6-5-7-17(18)19;/h5-8,11,13,18,31H,9-10,12,14H2,1-4H3,(H2,23,24,26);1H. The smallest absolute Gasteiger partial charge is 0.192 e. The van der Waals surface area contributed by atoms with E-state index in [4.69, 9.17) is 9.73 Å². The summed E-state index contributed by atoms with van der Waals surface area (Å²) in [5, 5.41) is 30.3. The van der Waals surface area contributed by atoms with E-state index in [1.807, 2.05) is 50.0 Å². The summed E-state index contributed by atoms with van der Waals surface area (Å²) >= 11 is 0. The van der Waals surface area contributed by atoms with E-state index in [9.17, 15) is 5.11 Å². The summed E-state index contributed by atoms with van der Waals surface area (Å²) < 4.78 is 9.37. The second-order valence-corrected chi connectivity index (χ2v) is 8.29. The van der Waals surface area contributed by atoms with Crippen LogP contribution in [0.4, 0.5) is 0 Å². The number of fused-ring (bicyclic) bond motifs is 1. The number of ether oxygens (including phenoxy) is 1. The molecule has 0 fully saturated rings. The number of aryl methyl sites for hydroxylation is 2. The van der Waals surface area contributed by atoms with Crippen molar-refractivity contribution in [2.24, 2.45) is 19.1 Å². The van der Waals surface area contributed by atoms with Crippen LogP contribution in [0.1, 0.15) is 42.2 Å². The molecule has 0 aliphatic carbocycles. The van der Waals surface area contributed by atoms with Crippen molar-refractivity contribution in [1.82, 2.24) is 35.2 Å². The molecule has 3 N–H and O–H groups in total. The molecule has 0 radical (unpaired) electrons. The third kappa shape index (κ3) is 5.82. The molecule has 178 valence electrons. The van der Waals surface area contributed by atoms with Gasteiger partial charge < -0.3 is 25.0 Å². The number of halogens is 1. The predicted molar refractivity (Wildman–Crippen MR) is 136 cm³/mol. The van der Waals surface area contributed by atoms with Gasteiger partial charge in [0.2, 0.25) is 0 Å². The van der Waals surface area contributed by atoms with Crippen molar-refractivity contribution in [2.45, 2.75) is 38.5 Å². The third-order valence-corrected chi connectivity index (χ3v) is 5.76. The van der Waals surface area contributed by atoms with E-state index >= 15 is 0 Å². The molecule has 1 aliphatic heterocycles. The van der Waals surface area contributed by atoms with Crippen LogP contribution in [-0.4, -0.2) is 48.8 Å². The molecule has 1 aliphatic rings. The summed E-state index contributed by atoms with van der Waals surface area (Å²) in [5.41, 5.74) is 0.694. The fourth-order valence-electron chi connectivity index (χ4n) is 3.61. The molecule has 4 rings (SSSR count). The molecule has 1 aromatic carbocycles. The van der Waals surface area contributed by atoms with Gasteiger partial charge in [-0.1, -0.05) is 18.2 Å². The Morgan fingerprint density at radius 2 is 2.09 bits per heavy atom. The first-order valence-electron chi connectivity index (χ1n) is 10.7. The van der Waals surface area contributed by atoms with Crippen molar-refractivity contribution in [3.63, 3.8) is 0 Å². The van der Waals surface area contributed by atoms with Crippen LogP contribution in [0.5, 0.6) is 5.75 Å². The quantitative estimate of drug-likeness (QED) is 0.238. The number of hydrogen-bond donors (Lipinski definition) is 3. The van der Waals surface area contributed by atoms with Gasteiger partial charge in [0.1, 0.15) is 23.7 Å². The van der Waals surface area contributed by atoms with Gasteiger partial charge in [0.25, 0.3) is 0 Å². The first-order chi connectivity index (χ1) is 15.3. The summed E-state index contributed by atoms with van der Waals surface area (Å²) in [5.74, 6) is 3.05. The highest BCUT2D eigenvalue weighted by molar-refractivity contribution is 14.0. The fourth-order valence-corrected chi connectivity index (χ4v) is 3.61. The number of aliphatic imine (C=N–C) groups is 1. The van der Waals surface area contributed by atoms with Crippen LogP contribution in [0.2, 0.25) is 0 Å². The monoisotopic (exact) mass is 566 g/mol. The molecule has 0 amide bonds. The van der Waals surface area contributed by atoms with Crippen molar-refractivity contribution in [3.05, 3.63) is 59.4 Å². The summed E-state index contributed by atoms with van der Waals surface area (Å²) in [7, 11) is 3.75. The van der Waals surface area contributed by atoms with Crippen LogP contribution < -0.4 is 15.4 Å². The van der Waals surface area contributed by atoms with E-state index in [-0.39, 0.29) is 36.6 Å². The molecule has 3 aromatic rings. The van der Waals surface area contributed by atoms with Crippen molar-refractivity contribution in [1.29, 1.82) is 0 Å². The third-order valence-electron chi connectivity index (χ3n) is 5.76. The number of guanidine groups is 1. The summed E-state index contributed by atoms with van der Waals surface area (Å²) in [6.45, 7) is 4.89. The molecule has 0 bridgehead atoms. The Morgan fingerprint density at radius 1 is 1.30 bits per heavy atom. The topological polar surface area (TPSA) is 114 Å². The molecular weight excluding hydrogens is 535 g/mol. The minimum atomic E-state index is -1.12. The zero-order valence-electron chi connectivity index (χ0n) is 19.3. The molecule has 2 aromatic heterocycles. The lowest BCUT2D eigenvalue weighted by Gasteiger charge is -2.29. The SMILES string of the molecule is Cc1nnc(CN=C(NCC(C)(O)c2cnn(C)c2)NC2CCOc3ccccc32)n1C.I. The number of aliphatic hydroxyl groups is 1. The molecular formula is C22H31IN8O2. The second-order valence-electron chi connectivity index (χ2n) is 8.29. The Morgan fingerprint density at radius 3 is 2.79 bits per heavy atom. The molecule has 2 unspecified atom stereocenters. The Bertz CT molecular complexity index is 1110. The van der Waals surface area contributed by atoms with Crippen LogP contribution >= 0.6 is 24.0 Å². The number of nitrogens with zero attached hydrogens (tertiary/aromatic N) is 6. The lowest BCUT2D eigenvalue weighted by molar-refractivity contribution is 0.0615. The molecule has 0 saturated carbocycles. The Balaban J connectivity index is 0.00000306. The summed E-state index contributed by atoms with van der Waals surface area (Å²) in [6, 6.07) is 8.04. The van der Waals surface area contributed by atoms with Gasteiger partial charge in [-0.3, -0.25) is 4.68 Å². The van der Waals surface area contributed by atoms with Crippen LogP contribution in [0.25, 0.3) is 0 Å². The van der Waals surface area contributed by atoms with E-state index in [1.54, 1.807) is 17.8 Å². The zero-order valence-corrected chi connectivity index (χ0v) is 21.6. The lowest BCUT2D eigenvalue weighted by atomic mass is 9.99. The van der Waals surface area contributed by atoms with Crippen molar-refractivity contribution in [2.75, 3.05) is 13.2 Å². The Labute approximate surface area is 210 Å². The normalized spacial score (nSPS) is 17.4. The average molecular weight is 566 g/mol. The molecule has 10 nitrogen and oxygen atoms in total. The highest BCUT2D eigenvalue weighted by Crippen LogP contribution is 2.31. The summed E-state index contributed by atoms with van der Waals surface area (Å²) in [6.07, 6.45) is 4.28. The van der Waals surface area contributed by atoms with Gasteiger partial charge in [0.15, 0.2) is 11.8 Å². The lowest BCUT2D eigenvalue weighted by Crippen LogP contribution is -2.46. The second kappa shape index (κ2) is 10.5. The maximum absolute atomic E-state index is 11.0. The van der Waals surface area contributed by atoms with Gasteiger partial charge in [0.05, 0.1) is 25.4 Å². The van der Waals surface area contributed by atoms with Gasteiger partial charge in [-0.15, -0.1) is 34.2 Å². The number of para-hydroxylation sites is 1. The van der Waals surface area contributed by atoms with E-state index < -0.39 is 5.60 Å².